The fourth-order valence-corrected chi connectivity index (χ4v) is 3.11. The number of thioether (sulfide) groups is 1. The molecule has 2 rings (SSSR count). The van der Waals surface area contributed by atoms with Gasteiger partial charge in [0.1, 0.15) is 7.11 Å². The smallest absolute Gasteiger partial charge is 0.106 e. The molecule has 0 fully saturated rings. The second-order valence-electron chi connectivity index (χ2n) is 3.70. The Morgan fingerprint density at radius 2 is 2.43 bits per heavy atom. The first kappa shape index (κ1) is 10.1. The number of hydrogen-bond donors (Lipinski definition) is 1. The Balaban J connectivity index is 2.30. The molecule has 0 aliphatic carbocycles. The molecule has 14 heavy (non-hydrogen) atoms. The molecular formula is C10H16N2OS. The predicted molar refractivity (Wildman–Crippen MR) is 60.6 cm³/mol. The Morgan fingerprint density at radius 1 is 1.57 bits per heavy atom. The molecule has 1 atom stereocenters. The van der Waals surface area contributed by atoms with Crippen molar-refractivity contribution in [1.29, 1.82) is 0 Å². The van der Waals surface area contributed by atoms with Gasteiger partial charge >= 0.3 is 0 Å². The average Bonchev–Trinajstić information content (AvgIpc) is 2.23. The quantitative estimate of drug-likeness (QED) is 0.671. The van der Waals surface area contributed by atoms with Gasteiger partial charge in [0.05, 0.1) is 5.71 Å². The SMILES string of the molecule is CO/N=C1/C2=C(CCNC2)SCC1C. The van der Waals surface area contributed by atoms with Crippen molar-refractivity contribution in [3.05, 3.63) is 10.5 Å². The molecule has 0 saturated carbocycles. The molecule has 0 bridgehead atoms. The summed E-state index contributed by atoms with van der Waals surface area (Å²) in [5, 5.41) is 7.54. The topological polar surface area (TPSA) is 33.6 Å². The Bertz CT molecular complexity index is 286. The van der Waals surface area contributed by atoms with Crippen LogP contribution in [0.5, 0.6) is 0 Å². The van der Waals surface area contributed by atoms with Crippen molar-refractivity contribution in [2.24, 2.45) is 11.1 Å². The zero-order valence-electron chi connectivity index (χ0n) is 8.67. The van der Waals surface area contributed by atoms with Gasteiger partial charge in [0.25, 0.3) is 0 Å². The van der Waals surface area contributed by atoms with Gasteiger partial charge in [0.2, 0.25) is 0 Å². The van der Waals surface area contributed by atoms with E-state index in [1.807, 2.05) is 11.8 Å². The lowest BCUT2D eigenvalue weighted by Gasteiger charge is -2.29. The fourth-order valence-electron chi connectivity index (χ4n) is 1.90. The molecule has 0 aromatic heterocycles. The minimum absolute atomic E-state index is 0.513. The van der Waals surface area contributed by atoms with Gasteiger partial charge in [-0.1, -0.05) is 12.1 Å². The van der Waals surface area contributed by atoms with E-state index in [2.05, 4.69) is 17.4 Å². The van der Waals surface area contributed by atoms with E-state index in [0.717, 1.165) is 31.0 Å². The molecule has 0 radical (unpaired) electrons. The third-order valence-electron chi connectivity index (χ3n) is 2.64. The monoisotopic (exact) mass is 212 g/mol. The van der Waals surface area contributed by atoms with Crippen LogP contribution in [-0.2, 0) is 4.84 Å². The van der Waals surface area contributed by atoms with E-state index in [1.165, 1.54) is 10.5 Å². The maximum atomic E-state index is 4.92. The van der Waals surface area contributed by atoms with Crippen LogP contribution >= 0.6 is 11.8 Å². The minimum Gasteiger partial charge on any atom is -0.399 e. The summed E-state index contributed by atoms with van der Waals surface area (Å²) >= 11 is 1.99. The lowest BCUT2D eigenvalue weighted by Crippen LogP contribution is -2.33. The van der Waals surface area contributed by atoms with Crippen LogP contribution in [0, 0.1) is 5.92 Å². The molecule has 3 nitrogen and oxygen atoms in total. The summed E-state index contributed by atoms with van der Waals surface area (Å²) in [6, 6.07) is 0. The normalized spacial score (nSPS) is 30.4. The summed E-state index contributed by atoms with van der Waals surface area (Å²) in [5.74, 6) is 1.65. The van der Waals surface area contributed by atoms with E-state index in [0.29, 0.717) is 5.92 Å². The second kappa shape index (κ2) is 4.36. The molecule has 2 aliphatic heterocycles. The van der Waals surface area contributed by atoms with Gasteiger partial charge < -0.3 is 10.2 Å². The zero-order valence-corrected chi connectivity index (χ0v) is 9.49. The molecule has 0 aromatic carbocycles. The average molecular weight is 212 g/mol. The van der Waals surface area contributed by atoms with Crippen LogP contribution < -0.4 is 5.32 Å². The van der Waals surface area contributed by atoms with Crippen molar-refractivity contribution in [3.8, 4) is 0 Å². The Labute approximate surface area is 89.0 Å². The Kier molecular flexibility index (Phi) is 3.13. The minimum atomic E-state index is 0.513. The molecule has 78 valence electrons. The molecule has 0 aromatic rings. The second-order valence-corrected chi connectivity index (χ2v) is 4.81. The van der Waals surface area contributed by atoms with E-state index in [-0.39, 0.29) is 0 Å². The molecule has 4 heteroatoms. The number of nitrogens with zero attached hydrogens (tertiary/aromatic N) is 1. The molecule has 1 N–H and O–H groups in total. The number of rotatable bonds is 1. The highest BCUT2D eigenvalue weighted by Gasteiger charge is 2.27. The molecule has 0 spiro atoms. The standard InChI is InChI=1S/C10H16N2OS/c1-7-6-14-9-3-4-11-5-8(9)10(7)12-13-2/h7,11H,3-6H2,1-2H3/b12-10+. The van der Waals surface area contributed by atoms with Crippen LogP contribution in [-0.4, -0.2) is 31.7 Å². The lowest BCUT2D eigenvalue weighted by atomic mass is 9.96. The Morgan fingerprint density at radius 3 is 3.21 bits per heavy atom. The van der Waals surface area contributed by atoms with E-state index >= 15 is 0 Å². The number of nitrogens with one attached hydrogen (secondary N) is 1. The van der Waals surface area contributed by atoms with Crippen molar-refractivity contribution in [3.63, 3.8) is 0 Å². The van der Waals surface area contributed by atoms with E-state index in [4.69, 9.17) is 4.84 Å². The Hall–Kier alpha value is -0.480. The fraction of sp³-hybridized carbons (Fsp3) is 0.700. The van der Waals surface area contributed by atoms with Gasteiger partial charge in [-0.3, -0.25) is 0 Å². The van der Waals surface area contributed by atoms with E-state index < -0.39 is 0 Å². The van der Waals surface area contributed by atoms with Crippen LogP contribution in [0.2, 0.25) is 0 Å². The highest BCUT2D eigenvalue weighted by molar-refractivity contribution is 8.03. The summed E-state index contributed by atoms with van der Waals surface area (Å²) in [7, 11) is 1.62. The first-order valence-corrected chi connectivity index (χ1v) is 5.98. The van der Waals surface area contributed by atoms with Crippen molar-refractivity contribution in [2.45, 2.75) is 13.3 Å². The van der Waals surface area contributed by atoms with Gasteiger partial charge in [-0.25, -0.2) is 0 Å². The molecule has 2 heterocycles. The molecule has 0 amide bonds. The van der Waals surface area contributed by atoms with Gasteiger partial charge in [-0.15, -0.1) is 11.8 Å². The van der Waals surface area contributed by atoms with Crippen LogP contribution in [0.15, 0.2) is 15.6 Å². The highest BCUT2D eigenvalue weighted by Crippen LogP contribution is 2.34. The maximum absolute atomic E-state index is 4.92. The first-order chi connectivity index (χ1) is 6.83. The molecule has 0 saturated heterocycles. The number of oxime groups is 1. The highest BCUT2D eigenvalue weighted by atomic mass is 32.2. The van der Waals surface area contributed by atoms with Gasteiger partial charge in [-0.05, 0) is 11.3 Å². The van der Waals surface area contributed by atoms with Crippen molar-refractivity contribution >= 4 is 17.5 Å². The van der Waals surface area contributed by atoms with Crippen molar-refractivity contribution < 1.29 is 4.84 Å². The first-order valence-electron chi connectivity index (χ1n) is 5.00. The summed E-state index contributed by atoms with van der Waals surface area (Å²) in [6.07, 6.45) is 1.15. The molecular weight excluding hydrogens is 196 g/mol. The zero-order chi connectivity index (χ0) is 9.97. The van der Waals surface area contributed by atoms with Gasteiger partial charge in [0.15, 0.2) is 0 Å². The predicted octanol–water partition coefficient (Wildman–Crippen LogP) is 1.62. The summed E-state index contributed by atoms with van der Waals surface area (Å²) in [6.45, 7) is 4.26. The third kappa shape index (κ3) is 1.81. The van der Waals surface area contributed by atoms with E-state index in [9.17, 15) is 0 Å². The largest absolute Gasteiger partial charge is 0.399 e. The third-order valence-corrected chi connectivity index (χ3v) is 4.11. The molecule has 1 unspecified atom stereocenters. The van der Waals surface area contributed by atoms with Gasteiger partial charge in [-0.2, -0.15) is 0 Å². The van der Waals surface area contributed by atoms with Crippen LogP contribution in [0.4, 0.5) is 0 Å². The van der Waals surface area contributed by atoms with Crippen LogP contribution in [0.1, 0.15) is 13.3 Å². The number of hydrogen-bond acceptors (Lipinski definition) is 4. The summed E-state index contributed by atoms with van der Waals surface area (Å²) in [4.78, 5) is 6.43. The van der Waals surface area contributed by atoms with Crippen LogP contribution in [0.3, 0.4) is 0 Å². The van der Waals surface area contributed by atoms with Crippen LogP contribution in [0.25, 0.3) is 0 Å². The van der Waals surface area contributed by atoms with E-state index in [1.54, 1.807) is 7.11 Å². The summed E-state index contributed by atoms with van der Waals surface area (Å²) in [5.41, 5.74) is 2.52. The maximum Gasteiger partial charge on any atom is 0.106 e. The van der Waals surface area contributed by atoms with Gasteiger partial charge in [0, 0.05) is 30.3 Å². The molecule has 2 aliphatic rings. The van der Waals surface area contributed by atoms with Crippen molar-refractivity contribution in [2.75, 3.05) is 26.0 Å². The lowest BCUT2D eigenvalue weighted by molar-refractivity contribution is 0.211. The van der Waals surface area contributed by atoms with Crippen molar-refractivity contribution in [1.82, 2.24) is 5.32 Å². The summed E-state index contributed by atoms with van der Waals surface area (Å²) < 4.78 is 0.